The number of nitrogens with two attached hydrogens (primary N) is 1. The first-order valence-corrected chi connectivity index (χ1v) is 4.51. The number of carbonyl (C=O) groups excluding carboxylic acids is 1. The minimum Gasteiger partial charge on any atom is -0.486 e. The molecule has 0 atom stereocenters. The minimum atomic E-state index is -0.494. The van der Waals surface area contributed by atoms with Crippen molar-refractivity contribution < 1.29 is 9.53 Å². The monoisotopic (exact) mass is 219 g/mol. The van der Waals surface area contributed by atoms with Crippen LogP contribution in [0.25, 0.3) is 0 Å². The van der Waals surface area contributed by atoms with Crippen LogP contribution in [-0.2, 0) is 6.61 Å². The summed E-state index contributed by atoms with van der Waals surface area (Å²) >= 11 is 0. The fourth-order valence-corrected chi connectivity index (χ4v) is 1.13. The molecule has 0 aliphatic rings. The van der Waals surface area contributed by atoms with E-state index in [1.807, 2.05) is 0 Å². The summed E-state index contributed by atoms with van der Waals surface area (Å²) in [6.07, 6.45) is 0. The molecule has 7 heteroatoms. The fourth-order valence-electron chi connectivity index (χ4n) is 1.13. The molecular weight excluding hydrogens is 210 g/mol. The van der Waals surface area contributed by atoms with E-state index >= 15 is 0 Å². The summed E-state index contributed by atoms with van der Waals surface area (Å²) in [5, 5.41) is 13.0. The van der Waals surface area contributed by atoms with Crippen LogP contribution in [-0.4, -0.2) is 26.5 Å². The van der Waals surface area contributed by atoms with Crippen molar-refractivity contribution in [3.63, 3.8) is 0 Å². The molecule has 2 aromatic rings. The predicted octanol–water partition coefficient (Wildman–Crippen LogP) is -0.122. The number of H-pyrrole nitrogens is 1. The van der Waals surface area contributed by atoms with Gasteiger partial charge >= 0.3 is 0 Å². The molecule has 3 N–H and O–H groups in total. The van der Waals surface area contributed by atoms with Crippen LogP contribution in [0.5, 0.6) is 5.75 Å². The van der Waals surface area contributed by atoms with Crippen LogP contribution in [0.15, 0.2) is 24.3 Å². The van der Waals surface area contributed by atoms with E-state index < -0.39 is 5.91 Å². The SMILES string of the molecule is NC(=O)c1cccc(OCc2nnn[nH]2)c1. The van der Waals surface area contributed by atoms with Crippen LogP contribution in [0.4, 0.5) is 0 Å². The Labute approximate surface area is 90.6 Å². The van der Waals surface area contributed by atoms with E-state index in [0.717, 1.165) is 0 Å². The van der Waals surface area contributed by atoms with Gasteiger partial charge < -0.3 is 10.5 Å². The van der Waals surface area contributed by atoms with Crippen molar-refractivity contribution in [3.05, 3.63) is 35.7 Å². The first-order valence-electron chi connectivity index (χ1n) is 4.51. The van der Waals surface area contributed by atoms with E-state index in [4.69, 9.17) is 10.5 Å². The van der Waals surface area contributed by atoms with E-state index in [1.54, 1.807) is 24.3 Å². The number of primary amides is 1. The maximum atomic E-state index is 10.9. The highest BCUT2D eigenvalue weighted by molar-refractivity contribution is 5.93. The number of amides is 1. The molecule has 0 bridgehead atoms. The molecule has 7 nitrogen and oxygen atoms in total. The maximum absolute atomic E-state index is 10.9. The van der Waals surface area contributed by atoms with Crippen LogP contribution >= 0.6 is 0 Å². The summed E-state index contributed by atoms with van der Waals surface area (Å²) in [6.45, 7) is 0.204. The summed E-state index contributed by atoms with van der Waals surface area (Å²) in [5.41, 5.74) is 5.54. The molecule has 1 aromatic carbocycles. The number of rotatable bonds is 4. The van der Waals surface area contributed by atoms with Gasteiger partial charge in [0, 0.05) is 5.56 Å². The summed E-state index contributed by atoms with van der Waals surface area (Å²) in [5.74, 6) is 0.545. The molecule has 0 aliphatic heterocycles. The first-order chi connectivity index (χ1) is 7.75. The number of nitrogens with one attached hydrogen (secondary N) is 1. The van der Waals surface area contributed by atoms with Gasteiger partial charge in [-0.15, -0.1) is 5.10 Å². The Morgan fingerprint density at radius 2 is 2.38 bits per heavy atom. The molecule has 0 fully saturated rings. The Morgan fingerprint density at radius 1 is 1.50 bits per heavy atom. The number of aromatic nitrogens is 4. The van der Waals surface area contributed by atoms with Crippen molar-refractivity contribution in [2.75, 3.05) is 0 Å². The molecule has 0 unspecified atom stereocenters. The van der Waals surface area contributed by atoms with Gasteiger partial charge in [0.2, 0.25) is 5.91 Å². The van der Waals surface area contributed by atoms with Crippen molar-refractivity contribution in [1.29, 1.82) is 0 Å². The summed E-state index contributed by atoms with van der Waals surface area (Å²) in [4.78, 5) is 10.9. The third-order valence-electron chi connectivity index (χ3n) is 1.88. The number of carbonyl (C=O) groups is 1. The number of aromatic amines is 1. The molecular formula is C9H9N5O2. The largest absolute Gasteiger partial charge is 0.486 e. The molecule has 0 saturated heterocycles. The number of ether oxygens (including phenoxy) is 1. The summed E-state index contributed by atoms with van der Waals surface area (Å²) in [7, 11) is 0. The van der Waals surface area contributed by atoms with Crippen LogP contribution in [0, 0.1) is 0 Å². The van der Waals surface area contributed by atoms with Crippen molar-refractivity contribution in [3.8, 4) is 5.75 Å². The molecule has 1 amide bonds. The molecule has 82 valence electrons. The highest BCUT2D eigenvalue weighted by atomic mass is 16.5. The lowest BCUT2D eigenvalue weighted by atomic mass is 10.2. The fraction of sp³-hybridized carbons (Fsp3) is 0.111. The quantitative estimate of drug-likeness (QED) is 0.745. The van der Waals surface area contributed by atoms with E-state index in [-0.39, 0.29) is 6.61 Å². The van der Waals surface area contributed by atoms with E-state index in [0.29, 0.717) is 17.1 Å². The van der Waals surface area contributed by atoms with Crippen molar-refractivity contribution in [2.45, 2.75) is 6.61 Å². The van der Waals surface area contributed by atoms with Gasteiger partial charge in [-0.3, -0.25) is 4.79 Å². The average molecular weight is 219 g/mol. The zero-order valence-electron chi connectivity index (χ0n) is 8.25. The Kier molecular flexibility index (Phi) is 2.77. The third-order valence-corrected chi connectivity index (χ3v) is 1.88. The lowest BCUT2D eigenvalue weighted by Crippen LogP contribution is -2.10. The number of benzene rings is 1. The van der Waals surface area contributed by atoms with Gasteiger partial charge in [0.25, 0.3) is 0 Å². The lowest BCUT2D eigenvalue weighted by Gasteiger charge is -2.04. The number of nitrogens with zero attached hydrogens (tertiary/aromatic N) is 3. The normalized spacial score (nSPS) is 10.0. The second-order valence-electron chi connectivity index (χ2n) is 3.03. The molecule has 0 aliphatic carbocycles. The number of tetrazole rings is 1. The molecule has 16 heavy (non-hydrogen) atoms. The van der Waals surface area contributed by atoms with Crippen molar-refractivity contribution in [2.24, 2.45) is 5.73 Å². The third kappa shape index (κ3) is 2.32. The predicted molar refractivity (Wildman–Crippen MR) is 53.5 cm³/mol. The topological polar surface area (TPSA) is 107 Å². The molecule has 1 aromatic heterocycles. The van der Waals surface area contributed by atoms with Gasteiger partial charge in [-0.05, 0) is 28.6 Å². The zero-order chi connectivity index (χ0) is 11.4. The summed E-state index contributed by atoms with van der Waals surface area (Å²) < 4.78 is 5.36. The first kappa shape index (κ1) is 10.1. The molecule has 2 rings (SSSR count). The second kappa shape index (κ2) is 4.39. The van der Waals surface area contributed by atoms with Crippen LogP contribution in [0.2, 0.25) is 0 Å². The molecule has 0 spiro atoms. The highest BCUT2D eigenvalue weighted by Crippen LogP contribution is 2.13. The summed E-state index contributed by atoms with van der Waals surface area (Å²) in [6, 6.07) is 6.58. The van der Waals surface area contributed by atoms with E-state index in [2.05, 4.69) is 20.6 Å². The highest BCUT2D eigenvalue weighted by Gasteiger charge is 2.03. The molecule has 1 heterocycles. The molecule has 0 saturated carbocycles. The molecule has 0 radical (unpaired) electrons. The van der Waals surface area contributed by atoms with Crippen LogP contribution < -0.4 is 10.5 Å². The van der Waals surface area contributed by atoms with Crippen molar-refractivity contribution in [1.82, 2.24) is 20.6 Å². The van der Waals surface area contributed by atoms with E-state index in [9.17, 15) is 4.79 Å². The second-order valence-corrected chi connectivity index (χ2v) is 3.03. The Bertz CT molecular complexity index is 482. The van der Waals surface area contributed by atoms with Gasteiger partial charge in [0.1, 0.15) is 12.4 Å². The Morgan fingerprint density at radius 3 is 3.06 bits per heavy atom. The Balaban J connectivity index is 2.04. The lowest BCUT2D eigenvalue weighted by molar-refractivity contribution is 0.1000. The van der Waals surface area contributed by atoms with Crippen LogP contribution in [0.1, 0.15) is 16.2 Å². The maximum Gasteiger partial charge on any atom is 0.248 e. The van der Waals surface area contributed by atoms with Crippen molar-refractivity contribution >= 4 is 5.91 Å². The minimum absolute atomic E-state index is 0.204. The van der Waals surface area contributed by atoms with E-state index in [1.165, 1.54) is 0 Å². The van der Waals surface area contributed by atoms with Gasteiger partial charge in [-0.2, -0.15) is 0 Å². The van der Waals surface area contributed by atoms with Gasteiger partial charge in [0.15, 0.2) is 5.82 Å². The average Bonchev–Trinajstić information content (AvgIpc) is 2.79. The zero-order valence-corrected chi connectivity index (χ0v) is 8.25. The van der Waals surface area contributed by atoms with Crippen LogP contribution in [0.3, 0.4) is 0 Å². The number of hydrogen-bond donors (Lipinski definition) is 2. The van der Waals surface area contributed by atoms with Gasteiger partial charge in [-0.25, -0.2) is 5.10 Å². The smallest absolute Gasteiger partial charge is 0.248 e. The van der Waals surface area contributed by atoms with Gasteiger partial charge in [0.05, 0.1) is 0 Å². The number of hydrogen-bond acceptors (Lipinski definition) is 5. The standard InChI is InChI=1S/C9H9N5O2/c10-9(15)6-2-1-3-7(4-6)16-5-8-11-13-14-12-8/h1-4H,5H2,(H2,10,15)(H,11,12,13,14). The Hall–Kier alpha value is -2.44. The van der Waals surface area contributed by atoms with Gasteiger partial charge in [-0.1, -0.05) is 6.07 Å².